The van der Waals surface area contributed by atoms with Gasteiger partial charge in [0.05, 0.1) is 5.92 Å². The molecule has 1 unspecified atom stereocenters. The highest BCUT2D eigenvalue weighted by atomic mass is 16.3. The van der Waals surface area contributed by atoms with Gasteiger partial charge in [0, 0.05) is 37.6 Å². The zero-order valence-electron chi connectivity index (χ0n) is 11.1. The molecule has 1 atom stereocenters. The van der Waals surface area contributed by atoms with E-state index in [4.69, 9.17) is 5.11 Å². The molecule has 2 rings (SSSR count). The molecule has 0 aromatic rings. The number of carbonyl (C=O) groups excluding carboxylic acids is 2. The van der Waals surface area contributed by atoms with E-state index in [9.17, 15) is 9.59 Å². The number of rotatable bonds is 5. The lowest BCUT2D eigenvalue weighted by atomic mass is 9.94. The Morgan fingerprint density at radius 3 is 2.72 bits per heavy atom. The SMILES string of the molecule is CC(C)(CO)CNC(=O)C1CC(=O)N(C2CC2)C1. The van der Waals surface area contributed by atoms with Gasteiger partial charge < -0.3 is 15.3 Å². The number of nitrogens with zero attached hydrogens (tertiary/aromatic N) is 1. The summed E-state index contributed by atoms with van der Waals surface area (Å²) in [5, 5.41) is 12.0. The Labute approximate surface area is 108 Å². The van der Waals surface area contributed by atoms with Crippen LogP contribution in [0.5, 0.6) is 0 Å². The molecule has 5 nitrogen and oxygen atoms in total. The number of hydrogen-bond donors (Lipinski definition) is 2. The molecule has 102 valence electrons. The zero-order valence-corrected chi connectivity index (χ0v) is 11.1. The molecular weight excluding hydrogens is 232 g/mol. The van der Waals surface area contributed by atoms with Gasteiger partial charge in [-0.05, 0) is 12.8 Å². The van der Waals surface area contributed by atoms with Crippen molar-refractivity contribution in [2.75, 3.05) is 19.7 Å². The summed E-state index contributed by atoms with van der Waals surface area (Å²) in [6.45, 7) is 4.82. The Morgan fingerprint density at radius 2 is 2.17 bits per heavy atom. The molecule has 18 heavy (non-hydrogen) atoms. The number of carbonyl (C=O) groups is 2. The molecular formula is C13H22N2O3. The molecule has 0 bridgehead atoms. The van der Waals surface area contributed by atoms with Gasteiger partial charge in [-0.1, -0.05) is 13.8 Å². The number of likely N-dealkylation sites (tertiary alicyclic amines) is 1. The maximum Gasteiger partial charge on any atom is 0.225 e. The summed E-state index contributed by atoms with van der Waals surface area (Å²) in [4.78, 5) is 25.6. The summed E-state index contributed by atoms with van der Waals surface area (Å²) in [6.07, 6.45) is 2.50. The highest BCUT2D eigenvalue weighted by molar-refractivity contribution is 5.89. The standard InChI is InChI=1S/C13H22N2O3/c1-13(2,8-16)7-14-12(18)9-5-11(17)15(6-9)10-3-4-10/h9-10,16H,3-8H2,1-2H3,(H,14,18). The molecule has 2 aliphatic rings. The predicted molar refractivity (Wildman–Crippen MR) is 66.7 cm³/mol. The minimum atomic E-state index is -0.311. The lowest BCUT2D eigenvalue weighted by Gasteiger charge is -2.23. The molecule has 2 amide bonds. The predicted octanol–water partition coefficient (Wildman–Crippen LogP) is 0.132. The fourth-order valence-electron chi connectivity index (χ4n) is 2.17. The van der Waals surface area contributed by atoms with Crippen LogP contribution in [0, 0.1) is 11.3 Å². The summed E-state index contributed by atoms with van der Waals surface area (Å²) >= 11 is 0. The van der Waals surface area contributed by atoms with Crippen LogP contribution in [0.3, 0.4) is 0 Å². The first-order valence-electron chi connectivity index (χ1n) is 6.61. The van der Waals surface area contributed by atoms with E-state index in [2.05, 4.69) is 5.32 Å². The van der Waals surface area contributed by atoms with Crippen molar-refractivity contribution < 1.29 is 14.7 Å². The zero-order chi connectivity index (χ0) is 13.3. The molecule has 5 heteroatoms. The van der Waals surface area contributed by atoms with E-state index in [0.717, 1.165) is 12.8 Å². The largest absolute Gasteiger partial charge is 0.396 e. The van der Waals surface area contributed by atoms with Crippen molar-refractivity contribution in [1.82, 2.24) is 10.2 Å². The van der Waals surface area contributed by atoms with Gasteiger partial charge >= 0.3 is 0 Å². The van der Waals surface area contributed by atoms with Crippen LogP contribution in [-0.4, -0.2) is 47.6 Å². The van der Waals surface area contributed by atoms with Gasteiger partial charge in [-0.3, -0.25) is 9.59 Å². The van der Waals surface area contributed by atoms with Crippen LogP contribution >= 0.6 is 0 Å². The van der Waals surface area contributed by atoms with E-state index in [1.165, 1.54) is 0 Å². The van der Waals surface area contributed by atoms with Crippen LogP contribution in [0.25, 0.3) is 0 Å². The molecule has 1 aliphatic carbocycles. The maximum absolute atomic E-state index is 12.0. The Kier molecular flexibility index (Phi) is 3.61. The van der Waals surface area contributed by atoms with E-state index >= 15 is 0 Å². The van der Waals surface area contributed by atoms with E-state index in [-0.39, 0.29) is 29.8 Å². The molecule has 0 aromatic carbocycles. The first-order chi connectivity index (χ1) is 8.43. The molecule has 0 radical (unpaired) electrons. The fraction of sp³-hybridized carbons (Fsp3) is 0.846. The quantitative estimate of drug-likeness (QED) is 0.733. The van der Waals surface area contributed by atoms with Crippen LogP contribution < -0.4 is 5.32 Å². The Hall–Kier alpha value is -1.10. The van der Waals surface area contributed by atoms with Crippen LogP contribution in [0.2, 0.25) is 0 Å². The molecule has 1 aliphatic heterocycles. The first kappa shape index (κ1) is 13.3. The summed E-state index contributed by atoms with van der Waals surface area (Å²) in [7, 11) is 0. The minimum absolute atomic E-state index is 0.0328. The van der Waals surface area contributed by atoms with Crippen LogP contribution in [0.1, 0.15) is 33.1 Å². The topological polar surface area (TPSA) is 69.6 Å². The lowest BCUT2D eigenvalue weighted by Crippen LogP contribution is -2.40. The van der Waals surface area contributed by atoms with Crippen LogP contribution in [0.15, 0.2) is 0 Å². The summed E-state index contributed by atoms with van der Waals surface area (Å²) in [6, 6.07) is 0.393. The number of aliphatic hydroxyl groups is 1. The minimum Gasteiger partial charge on any atom is -0.396 e. The molecule has 0 aromatic heterocycles. The van der Waals surface area contributed by atoms with Crippen molar-refractivity contribution in [2.45, 2.75) is 39.2 Å². The van der Waals surface area contributed by atoms with Crippen molar-refractivity contribution in [3.05, 3.63) is 0 Å². The second-order valence-corrected chi connectivity index (χ2v) is 6.22. The van der Waals surface area contributed by atoms with E-state index in [0.29, 0.717) is 25.6 Å². The second kappa shape index (κ2) is 4.88. The average Bonchev–Trinajstić information content (AvgIpc) is 3.10. The highest BCUT2D eigenvalue weighted by Crippen LogP contribution is 2.32. The number of amides is 2. The Morgan fingerprint density at radius 1 is 1.50 bits per heavy atom. The smallest absolute Gasteiger partial charge is 0.225 e. The average molecular weight is 254 g/mol. The van der Waals surface area contributed by atoms with Crippen LogP contribution in [-0.2, 0) is 9.59 Å². The van der Waals surface area contributed by atoms with Gasteiger partial charge in [-0.2, -0.15) is 0 Å². The second-order valence-electron chi connectivity index (χ2n) is 6.22. The number of aliphatic hydroxyl groups excluding tert-OH is 1. The fourth-order valence-corrected chi connectivity index (χ4v) is 2.17. The Bertz CT molecular complexity index is 350. The Balaban J connectivity index is 1.81. The monoisotopic (exact) mass is 254 g/mol. The lowest BCUT2D eigenvalue weighted by molar-refractivity contribution is -0.129. The normalized spacial score (nSPS) is 24.5. The number of hydrogen-bond acceptors (Lipinski definition) is 3. The van der Waals surface area contributed by atoms with E-state index < -0.39 is 0 Å². The van der Waals surface area contributed by atoms with Gasteiger partial charge in [0.25, 0.3) is 0 Å². The van der Waals surface area contributed by atoms with E-state index in [1.807, 2.05) is 18.7 Å². The van der Waals surface area contributed by atoms with Crippen molar-refractivity contribution >= 4 is 11.8 Å². The molecule has 1 saturated heterocycles. The van der Waals surface area contributed by atoms with Gasteiger partial charge in [0.15, 0.2) is 0 Å². The molecule has 1 heterocycles. The van der Waals surface area contributed by atoms with Gasteiger partial charge in [0.2, 0.25) is 11.8 Å². The number of nitrogens with one attached hydrogen (secondary N) is 1. The molecule has 0 spiro atoms. The van der Waals surface area contributed by atoms with Crippen molar-refractivity contribution in [1.29, 1.82) is 0 Å². The van der Waals surface area contributed by atoms with Crippen LogP contribution in [0.4, 0.5) is 0 Å². The van der Waals surface area contributed by atoms with Gasteiger partial charge in [-0.25, -0.2) is 0 Å². The van der Waals surface area contributed by atoms with Crippen molar-refractivity contribution in [2.24, 2.45) is 11.3 Å². The summed E-state index contributed by atoms with van der Waals surface area (Å²) in [5.41, 5.74) is -0.311. The maximum atomic E-state index is 12.0. The highest BCUT2D eigenvalue weighted by Gasteiger charge is 2.41. The molecule has 1 saturated carbocycles. The molecule has 2 fully saturated rings. The van der Waals surface area contributed by atoms with Gasteiger partial charge in [0.1, 0.15) is 0 Å². The van der Waals surface area contributed by atoms with Gasteiger partial charge in [-0.15, -0.1) is 0 Å². The van der Waals surface area contributed by atoms with Crippen molar-refractivity contribution in [3.8, 4) is 0 Å². The summed E-state index contributed by atoms with van der Waals surface area (Å²) < 4.78 is 0. The summed E-state index contributed by atoms with van der Waals surface area (Å²) in [5.74, 6) is -0.167. The van der Waals surface area contributed by atoms with Crippen molar-refractivity contribution in [3.63, 3.8) is 0 Å². The molecule has 2 N–H and O–H groups in total. The first-order valence-corrected chi connectivity index (χ1v) is 6.61. The third-order valence-corrected chi connectivity index (χ3v) is 3.69. The van der Waals surface area contributed by atoms with E-state index in [1.54, 1.807) is 0 Å². The third-order valence-electron chi connectivity index (χ3n) is 3.69. The third kappa shape index (κ3) is 3.02.